The Morgan fingerprint density at radius 2 is 1.95 bits per heavy atom. The molecule has 0 fully saturated rings. The largest absolute Gasteiger partial charge is 0.325 e. The van der Waals surface area contributed by atoms with E-state index in [1.165, 1.54) is 11.1 Å². The lowest BCUT2D eigenvalue weighted by Gasteiger charge is -2.13. The summed E-state index contributed by atoms with van der Waals surface area (Å²) in [5.41, 5.74) is 9.16. The molecule has 2 rings (SSSR count). The second kappa shape index (κ2) is 7.56. The van der Waals surface area contributed by atoms with E-state index in [9.17, 15) is 4.79 Å². The van der Waals surface area contributed by atoms with Crippen molar-refractivity contribution in [3.63, 3.8) is 0 Å². The molecule has 0 heterocycles. The van der Waals surface area contributed by atoms with Crippen molar-refractivity contribution in [3.8, 4) is 0 Å². The lowest BCUT2D eigenvalue weighted by atomic mass is 10.1. The van der Waals surface area contributed by atoms with Crippen LogP contribution in [0.1, 0.15) is 17.5 Å². The van der Waals surface area contributed by atoms with Gasteiger partial charge in [0.25, 0.3) is 0 Å². The number of benzene rings is 2. The molecule has 1 amide bonds. The second-order valence-electron chi connectivity index (χ2n) is 5.08. The number of aryl methyl sites for hydroxylation is 2. The molecule has 4 heteroatoms. The van der Waals surface area contributed by atoms with Crippen LogP contribution in [0.4, 0.5) is 5.69 Å². The Balaban J connectivity index is 1.89. The number of halogens is 1. The van der Waals surface area contributed by atoms with Gasteiger partial charge in [0.2, 0.25) is 5.91 Å². The Morgan fingerprint density at radius 3 is 2.62 bits per heavy atom. The van der Waals surface area contributed by atoms with Crippen LogP contribution in [0.5, 0.6) is 0 Å². The topological polar surface area (TPSA) is 55.1 Å². The van der Waals surface area contributed by atoms with Crippen molar-refractivity contribution >= 4 is 34.2 Å². The number of hydrogen-bond donors (Lipinski definition) is 2. The molecule has 0 aliphatic heterocycles. The minimum Gasteiger partial charge on any atom is -0.325 e. The summed E-state index contributed by atoms with van der Waals surface area (Å²) in [7, 11) is 0. The third-order valence-corrected chi connectivity index (χ3v) is 4.53. The highest BCUT2D eigenvalue weighted by Gasteiger charge is 2.13. The van der Waals surface area contributed by atoms with E-state index in [2.05, 4.69) is 27.9 Å². The first-order valence-corrected chi connectivity index (χ1v) is 8.00. The maximum atomic E-state index is 12.1. The van der Waals surface area contributed by atoms with Crippen LogP contribution in [0.3, 0.4) is 0 Å². The van der Waals surface area contributed by atoms with Crippen molar-refractivity contribution in [2.24, 2.45) is 5.73 Å². The predicted molar refractivity (Wildman–Crippen MR) is 95.3 cm³/mol. The molecule has 3 N–H and O–H groups in total. The molecule has 0 spiro atoms. The maximum absolute atomic E-state index is 12.1. The fraction of sp³-hybridized carbons (Fsp3) is 0.235. The molecule has 0 aliphatic rings. The van der Waals surface area contributed by atoms with E-state index < -0.39 is 6.04 Å². The predicted octanol–water partition coefficient (Wildman–Crippen LogP) is 3.50. The smallest absolute Gasteiger partial charge is 0.241 e. The van der Waals surface area contributed by atoms with Gasteiger partial charge in [0, 0.05) is 9.26 Å². The third kappa shape index (κ3) is 4.82. The van der Waals surface area contributed by atoms with Crippen molar-refractivity contribution in [2.45, 2.75) is 25.8 Å². The Hall–Kier alpha value is -1.40. The van der Waals surface area contributed by atoms with Gasteiger partial charge in [-0.15, -0.1) is 0 Å². The van der Waals surface area contributed by atoms with Crippen molar-refractivity contribution in [1.29, 1.82) is 0 Å². The Kier molecular flexibility index (Phi) is 5.76. The lowest BCUT2D eigenvalue weighted by Crippen LogP contribution is -2.36. The third-order valence-electron chi connectivity index (χ3n) is 3.36. The first kappa shape index (κ1) is 16.0. The Labute approximate surface area is 139 Å². The van der Waals surface area contributed by atoms with E-state index in [4.69, 9.17) is 5.73 Å². The van der Waals surface area contributed by atoms with E-state index >= 15 is 0 Å². The van der Waals surface area contributed by atoms with Gasteiger partial charge in [-0.25, -0.2) is 0 Å². The molecular weight excluding hydrogens is 375 g/mol. The zero-order valence-electron chi connectivity index (χ0n) is 12.0. The molecule has 110 valence electrons. The van der Waals surface area contributed by atoms with Crippen LogP contribution in [0, 0.1) is 10.5 Å². The summed E-state index contributed by atoms with van der Waals surface area (Å²) in [5.74, 6) is -0.134. The summed E-state index contributed by atoms with van der Waals surface area (Å²) in [5, 5.41) is 2.88. The Morgan fingerprint density at radius 1 is 1.24 bits per heavy atom. The van der Waals surface area contributed by atoms with Gasteiger partial charge in [0.05, 0.1) is 6.04 Å². The average molecular weight is 394 g/mol. The normalized spacial score (nSPS) is 12.0. The number of amides is 1. The number of rotatable bonds is 5. The van der Waals surface area contributed by atoms with Gasteiger partial charge < -0.3 is 11.1 Å². The van der Waals surface area contributed by atoms with Crippen LogP contribution in [-0.2, 0) is 11.2 Å². The number of nitrogens with two attached hydrogens (primary N) is 1. The van der Waals surface area contributed by atoms with E-state index in [0.29, 0.717) is 6.42 Å². The molecule has 0 saturated carbocycles. The fourth-order valence-corrected chi connectivity index (χ4v) is 2.52. The fourth-order valence-electron chi connectivity index (χ4n) is 2.00. The van der Waals surface area contributed by atoms with E-state index in [1.54, 1.807) is 0 Å². The molecule has 1 atom stereocenters. The maximum Gasteiger partial charge on any atom is 0.241 e. The first-order chi connectivity index (χ1) is 10.1. The average Bonchev–Trinajstić information content (AvgIpc) is 2.49. The van der Waals surface area contributed by atoms with Crippen LogP contribution < -0.4 is 11.1 Å². The number of carbonyl (C=O) groups is 1. The first-order valence-electron chi connectivity index (χ1n) is 6.93. The quantitative estimate of drug-likeness (QED) is 0.763. The van der Waals surface area contributed by atoms with Crippen LogP contribution >= 0.6 is 22.6 Å². The standard InChI is InChI=1S/C17H19IN2O/c1-12-7-9-14(11-15(12)18)20-17(21)16(19)10-8-13-5-3-2-4-6-13/h2-7,9,11,16H,8,10,19H2,1H3,(H,20,21)/t16-/m0/s1. The van der Waals surface area contributed by atoms with Crippen molar-refractivity contribution in [1.82, 2.24) is 0 Å². The highest BCUT2D eigenvalue weighted by atomic mass is 127. The van der Waals surface area contributed by atoms with E-state index in [0.717, 1.165) is 15.7 Å². The number of hydrogen-bond acceptors (Lipinski definition) is 2. The monoisotopic (exact) mass is 394 g/mol. The highest BCUT2D eigenvalue weighted by Crippen LogP contribution is 2.17. The summed E-state index contributed by atoms with van der Waals surface area (Å²) < 4.78 is 1.13. The molecule has 0 aliphatic carbocycles. The molecule has 3 nitrogen and oxygen atoms in total. The van der Waals surface area contributed by atoms with Gasteiger partial charge in [-0.2, -0.15) is 0 Å². The molecule has 21 heavy (non-hydrogen) atoms. The molecular formula is C17H19IN2O. The molecule has 0 aromatic heterocycles. The van der Waals surface area contributed by atoms with Crippen molar-refractivity contribution < 1.29 is 4.79 Å². The molecule has 0 unspecified atom stereocenters. The molecule has 0 bridgehead atoms. The highest BCUT2D eigenvalue weighted by molar-refractivity contribution is 14.1. The summed E-state index contributed by atoms with van der Waals surface area (Å²) >= 11 is 2.26. The lowest BCUT2D eigenvalue weighted by molar-refractivity contribution is -0.117. The van der Waals surface area contributed by atoms with Gasteiger partial charge in [-0.1, -0.05) is 36.4 Å². The van der Waals surface area contributed by atoms with Crippen LogP contribution in [0.25, 0.3) is 0 Å². The van der Waals surface area contributed by atoms with Gasteiger partial charge in [0.15, 0.2) is 0 Å². The molecule has 2 aromatic carbocycles. The second-order valence-corrected chi connectivity index (χ2v) is 6.25. The molecule has 2 aromatic rings. The summed E-state index contributed by atoms with van der Waals surface area (Å²) in [6, 6.07) is 15.4. The van der Waals surface area contributed by atoms with Crippen LogP contribution in [0.15, 0.2) is 48.5 Å². The van der Waals surface area contributed by atoms with Crippen LogP contribution in [0.2, 0.25) is 0 Å². The molecule has 0 saturated heterocycles. The van der Waals surface area contributed by atoms with Crippen molar-refractivity contribution in [2.75, 3.05) is 5.32 Å². The summed E-state index contributed by atoms with van der Waals surface area (Å²) in [6.07, 6.45) is 1.44. The van der Waals surface area contributed by atoms with Gasteiger partial charge in [0.1, 0.15) is 0 Å². The summed E-state index contributed by atoms with van der Waals surface area (Å²) in [6.45, 7) is 2.04. The SMILES string of the molecule is Cc1ccc(NC(=O)[C@@H](N)CCc2ccccc2)cc1I. The van der Waals surface area contributed by atoms with Gasteiger partial charge >= 0.3 is 0 Å². The summed E-state index contributed by atoms with van der Waals surface area (Å²) in [4.78, 5) is 12.1. The zero-order chi connectivity index (χ0) is 15.2. The zero-order valence-corrected chi connectivity index (χ0v) is 14.1. The number of carbonyl (C=O) groups excluding carboxylic acids is 1. The van der Waals surface area contributed by atoms with Gasteiger partial charge in [-0.3, -0.25) is 4.79 Å². The minimum absolute atomic E-state index is 0.134. The van der Waals surface area contributed by atoms with E-state index in [1.807, 2.05) is 55.5 Å². The van der Waals surface area contributed by atoms with E-state index in [-0.39, 0.29) is 5.91 Å². The Bertz CT molecular complexity index is 613. The van der Waals surface area contributed by atoms with Crippen LogP contribution in [-0.4, -0.2) is 11.9 Å². The minimum atomic E-state index is -0.496. The number of nitrogens with one attached hydrogen (secondary N) is 1. The van der Waals surface area contributed by atoms with Crippen molar-refractivity contribution in [3.05, 3.63) is 63.2 Å². The molecule has 0 radical (unpaired) electrons. The number of anilines is 1. The van der Waals surface area contributed by atoms with Gasteiger partial charge in [-0.05, 0) is 65.6 Å².